The van der Waals surface area contributed by atoms with Crippen molar-refractivity contribution in [3.63, 3.8) is 0 Å². The average Bonchev–Trinajstić information content (AvgIpc) is 3.35. The van der Waals surface area contributed by atoms with Crippen LogP contribution in [-0.2, 0) is 31.4 Å². The van der Waals surface area contributed by atoms with Crippen LogP contribution in [0.4, 0.5) is 10.1 Å². The van der Waals surface area contributed by atoms with Gasteiger partial charge in [-0.15, -0.1) is 10.2 Å². The molecule has 0 bridgehead atoms. The highest BCUT2D eigenvalue weighted by molar-refractivity contribution is 7.94. The SMILES string of the molecule is CC[C@H](O)C(=O)NC1=CS(=O)(=O)c2cc(F)c(-c3nnc(C(C)(C)C)o3)cc2N(Cc2ccc(Cl)cc2)C1=O. The van der Waals surface area contributed by atoms with Gasteiger partial charge in [0.15, 0.2) is 0 Å². The van der Waals surface area contributed by atoms with Crippen molar-refractivity contribution in [2.24, 2.45) is 0 Å². The van der Waals surface area contributed by atoms with Crippen molar-refractivity contribution in [2.45, 2.75) is 57.1 Å². The van der Waals surface area contributed by atoms with Crippen LogP contribution in [0.15, 0.2) is 56.8 Å². The number of sulfone groups is 1. The van der Waals surface area contributed by atoms with E-state index in [1.54, 1.807) is 31.2 Å². The highest BCUT2D eigenvalue weighted by Crippen LogP contribution is 2.38. The van der Waals surface area contributed by atoms with Crippen LogP contribution in [-0.4, -0.2) is 41.6 Å². The molecule has 0 saturated carbocycles. The Morgan fingerprint density at radius 2 is 1.87 bits per heavy atom. The second-order valence-electron chi connectivity index (χ2n) is 9.97. The first-order chi connectivity index (χ1) is 18.2. The molecule has 1 atom stereocenters. The molecule has 0 spiro atoms. The Kier molecular flexibility index (Phi) is 7.66. The zero-order chi connectivity index (χ0) is 28.7. The molecule has 0 saturated heterocycles. The predicted molar refractivity (Wildman–Crippen MR) is 141 cm³/mol. The fourth-order valence-electron chi connectivity index (χ4n) is 3.72. The zero-order valence-corrected chi connectivity index (χ0v) is 23.1. The standard InChI is InChI=1S/C26H26ClFN4O6S/c1-5-20(33)22(34)29-18-13-39(36,37)21-11-17(28)16(23-30-31-25(38-23)26(2,3)4)10-19(21)32(24(18)35)12-14-6-8-15(27)9-7-14/h6-11,13,20,33H,5,12H2,1-4H3,(H,29,34)/t20-/m0/s1. The lowest BCUT2D eigenvalue weighted by molar-refractivity contribution is -0.130. The maximum atomic E-state index is 15.4. The lowest BCUT2D eigenvalue weighted by Crippen LogP contribution is -2.41. The first-order valence-corrected chi connectivity index (χ1v) is 13.8. The first-order valence-electron chi connectivity index (χ1n) is 11.9. The number of fused-ring (bicyclic) bond motifs is 1. The third kappa shape index (κ3) is 5.87. The second kappa shape index (κ2) is 10.5. The number of nitrogens with one attached hydrogen (secondary N) is 1. The molecule has 0 unspecified atom stereocenters. The third-order valence-electron chi connectivity index (χ3n) is 5.89. The number of hydrogen-bond acceptors (Lipinski definition) is 8. The number of hydrogen-bond donors (Lipinski definition) is 2. The predicted octanol–water partition coefficient (Wildman–Crippen LogP) is 3.88. The lowest BCUT2D eigenvalue weighted by Gasteiger charge is -2.25. The molecule has 0 aliphatic carbocycles. The molecule has 0 radical (unpaired) electrons. The smallest absolute Gasteiger partial charge is 0.275 e. The third-order valence-corrected chi connectivity index (χ3v) is 7.63. The van der Waals surface area contributed by atoms with Crippen LogP contribution in [0.25, 0.3) is 11.5 Å². The van der Waals surface area contributed by atoms with Gasteiger partial charge in [0.05, 0.1) is 28.1 Å². The Balaban J connectivity index is 1.90. The normalized spacial score (nSPS) is 15.8. The maximum absolute atomic E-state index is 15.4. The van der Waals surface area contributed by atoms with Gasteiger partial charge in [0.25, 0.3) is 17.7 Å². The van der Waals surface area contributed by atoms with Crippen molar-refractivity contribution in [3.8, 4) is 11.5 Å². The fourth-order valence-corrected chi connectivity index (χ4v) is 5.17. The summed E-state index contributed by atoms with van der Waals surface area (Å²) >= 11 is 5.99. The molecular formula is C26H26ClFN4O6S. The quantitative estimate of drug-likeness (QED) is 0.450. The number of carbonyl (C=O) groups is 2. The molecular weight excluding hydrogens is 551 g/mol. The molecule has 13 heteroatoms. The molecule has 206 valence electrons. The van der Waals surface area contributed by atoms with E-state index >= 15 is 4.39 Å². The van der Waals surface area contributed by atoms with Crippen LogP contribution >= 0.6 is 11.6 Å². The summed E-state index contributed by atoms with van der Waals surface area (Å²) in [5.41, 5.74) is -0.954. The minimum absolute atomic E-state index is 0.0318. The molecule has 2 amide bonds. The van der Waals surface area contributed by atoms with Gasteiger partial charge >= 0.3 is 0 Å². The van der Waals surface area contributed by atoms with Gasteiger partial charge in [0.1, 0.15) is 17.6 Å². The Labute approximate surface area is 229 Å². The molecule has 1 aromatic heterocycles. The summed E-state index contributed by atoms with van der Waals surface area (Å²) in [5, 5.41) is 21.0. The second-order valence-corrected chi connectivity index (χ2v) is 12.2. The van der Waals surface area contributed by atoms with E-state index in [4.69, 9.17) is 16.0 Å². The van der Waals surface area contributed by atoms with E-state index < -0.39 is 49.6 Å². The number of halogens is 2. The number of carbonyl (C=O) groups excluding carboxylic acids is 2. The Morgan fingerprint density at radius 1 is 1.21 bits per heavy atom. The zero-order valence-electron chi connectivity index (χ0n) is 21.5. The Bertz CT molecular complexity index is 1580. The van der Waals surface area contributed by atoms with E-state index in [0.29, 0.717) is 16.0 Å². The van der Waals surface area contributed by atoms with Gasteiger partial charge in [-0.05, 0) is 36.2 Å². The number of anilines is 1. The van der Waals surface area contributed by atoms with Crippen LogP contribution in [0.5, 0.6) is 0 Å². The van der Waals surface area contributed by atoms with Gasteiger partial charge < -0.3 is 19.7 Å². The number of rotatable bonds is 6. The molecule has 2 N–H and O–H groups in total. The van der Waals surface area contributed by atoms with E-state index in [1.165, 1.54) is 0 Å². The Morgan fingerprint density at radius 3 is 2.46 bits per heavy atom. The molecule has 1 aliphatic rings. The summed E-state index contributed by atoms with van der Waals surface area (Å²) in [4.78, 5) is 26.7. The highest BCUT2D eigenvalue weighted by Gasteiger charge is 2.35. The van der Waals surface area contributed by atoms with Crippen LogP contribution < -0.4 is 10.2 Å². The summed E-state index contributed by atoms with van der Waals surface area (Å²) in [6, 6.07) is 8.37. The largest absolute Gasteiger partial charge is 0.420 e. The van der Waals surface area contributed by atoms with E-state index in [2.05, 4.69) is 15.5 Å². The van der Waals surface area contributed by atoms with Gasteiger partial charge in [-0.1, -0.05) is 51.4 Å². The topological polar surface area (TPSA) is 143 Å². The van der Waals surface area contributed by atoms with Crippen LogP contribution in [0.2, 0.25) is 5.02 Å². The number of aliphatic hydroxyl groups excluding tert-OH is 1. The molecule has 1 aliphatic heterocycles. The Hall–Kier alpha value is -3.61. The molecule has 2 heterocycles. The van der Waals surface area contributed by atoms with E-state index in [0.717, 1.165) is 17.0 Å². The number of amides is 2. The molecule has 10 nitrogen and oxygen atoms in total. The van der Waals surface area contributed by atoms with E-state index in [-0.39, 0.29) is 36.0 Å². The number of aromatic nitrogens is 2. The van der Waals surface area contributed by atoms with Crippen LogP contribution in [0.1, 0.15) is 45.6 Å². The minimum atomic E-state index is -4.46. The van der Waals surface area contributed by atoms with Crippen molar-refractivity contribution in [3.05, 3.63) is 69.8 Å². The summed E-state index contributed by atoms with van der Waals surface area (Å²) < 4.78 is 47.7. The maximum Gasteiger partial charge on any atom is 0.275 e. The lowest BCUT2D eigenvalue weighted by atomic mass is 9.97. The van der Waals surface area contributed by atoms with E-state index in [1.807, 2.05) is 20.8 Å². The van der Waals surface area contributed by atoms with Crippen molar-refractivity contribution in [1.82, 2.24) is 15.5 Å². The summed E-state index contributed by atoms with van der Waals surface area (Å²) in [6.07, 6.45) is -1.44. The number of aliphatic hydroxyl groups is 1. The summed E-state index contributed by atoms with van der Waals surface area (Å²) in [6.45, 7) is 6.86. The van der Waals surface area contributed by atoms with Gasteiger partial charge in [-0.25, -0.2) is 12.8 Å². The summed E-state index contributed by atoms with van der Waals surface area (Å²) in [7, 11) is -4.46. The van der Waals surface area contributed by atoms with Crippen molar-refractivity contribution >= 4 is 38.9 Å². The fraction of sp³-hybridized carbons (Fsp3) is 0.308. The monoisotopic (exact) mass is 576 g/mol. The highest BCUT2D eigenvalue weighted by atomic mass is 35.5. The van der Waals surface area contributed by atoms with Gasteiger partial charge in [0, 0.05) is 10.4 Å². The molecule has 4 rings (SSSR count). The summed E-state index contributed by atoms with van der Waals surface area (Å²) in [5.74, 6) is -2.80. The van der Waals surface area contributed by atoms with Crippen LogP contribution in [0, 0.1) is 5.82 Å². The molecule has 3 aromatic rings. The van der Waals surface area contributed by atoms with Crippen molar-refractivity contribution in [2.75, 3.05) is 4.90 Å². The first kappa shape index (κ1) is 28.4. The minimum Gasteiger partial charge on any atom is -0.420 e. The van der Waals surface area contributed by atoms with Gasteiger partial charge in [-0.3, -0.25) is 9.59 Å². The van der Waals surface area contributed by atoms with Gasteiger partial charge in [0.2, 0.25) is 15.7 Å². The molecule has 0 fully saturated rings. The van der Waals surface area contributed by atoms with Gasteiger partial charge in [-0.2, -0.15) is 0 Å². The average molecular weight is 577 g/mol. The van der Waals surface area contributed by atoms with Crippen molar-refractivity contribution in [1.29, 1.82) is 0 Å². The number of nitrogens with zero attached hydrogens (tertiary/aromatic N) is 3. The molecule has 39 heavy (non-hydrogen) atoms. The van der Waals surface area contributed by atoms with Crippen molar-refractivity contribution < 1.29 is 31.9 Å². The molecule has 2 aromatic carbocycles. The number of benzene rings is 2. The van der Waals surface area contributed by atoms with E-state index in [9.17, 15) is 23.1 Å². The van der Waals surface area contributed by atoms with Crippen LogP contribution in [0.3, 0.4) is 0 Å².